The van der Waals surface area contributed by atoms with Gasteiger partial charge >= 0.3 is 0 Å². The van der Waals surface area contributed by atoms with E-state index in [0.29, 0.717) is 0 Å². The molecule has 0 saturated carbocycles. The Morgan fingerprint density at radius 2 is 0.592 bits per heavy atom. The maximum absolute atomic E-state index is 12.1. The summed E-state index contributed by atoms with van der Waals surface area (Å²) in [4.78, 5) is 0. The van der Waals surface area contributed by atoms with Crippen molar-refractivity contribution in [2.24, 2.45) is 0 Å². The fraction of sp³-hybridized carbons (Fsp3) is 0.111. The van der Waals surface area contributed by atoms with E-state index in [-0.39, 0.29) is 0 Å². The molecule has 8 aromatic carbocycles. The van der Waals surface area contributed by atoms with E-state index in [0.717, 1.165) is 65.3 Å². The van der Waals surface area contributed by atoms with Crippen LogP contribution in [-0.4, -0.2) is 23.4 Å². The molecule has 1 fully saturated rings. The van der Waals surface area contributed by atoms with Gasteiger partial charge < -0.3 is 19.7 Å². The van der Waals surface area contributed by atoms with Gasteiger partial charge in [-0.25, -0.2) is 0 Å². The van der Waals surface area contributed by atoms with Gasteiger partial charge in [0.2, 0.25) is 5.79 Å². The summed E-state index contributed by atoms with van der Waals surface area (Å²) < 4.78 is 15.5. The standard InChI is InChI=1S/C45H34O4/c46-29-43(39-25-9-17-31-13-1-5-21-35(31)39)44(30-47,40-26-10-18-32-14-2-6-22-36(32)40)49-45(48-43,41-27-11-19-33-15-3-7-23-37(33)41)42-28-12-20-34-16-4-8-24-38(34)42/h1-28,46-47H,29-30H2. The minimum atomic E-state index is -1.58. The van der Waals surface area contributed by atoms with Gasteiger partial charge in [-0.2, -0.15) is 0 Å². The molecule has 2 unspecified atom stereocenters. The summed E-state index contributed by atoms with van der Waals surface area (Å²) in [6.07, 6.45) is 0. The lowest BCUT2D eigenvalue weighted by atomic mass is 9.72. The highest BCUT2D eigenvalue weighted by molar-refractivity contribution is 5.92. The molecule has 1 saturated heterocycles. The van der Waals surface area contributed by atoms with Crippen LogP contribution in [0.2, 0.25) is 0 Å². The molecule has 4 nitrogen and oxygen atoms in total. The predicted octanol–water partition coefficient (Wildman–Crippen LogP) is 9.32. The van der Waals surface area contributed by atoms with Gasteiger partial charge in [0, 0.05) is 11.1 Å². The second-order valence-electron chi connectivity index (χ2n) is 12.9. The van der Waals surface area contributed by atoms with Gasteiger partial charge in [-0.1, -0.05) is 170 Å². The van der Waals surface area contributed by atoms with Crippen molar-refractivity contribution in [1.29, 1.82) is 0 Å². The summed E-state index contributed by atoms with van der Waals surface area (Å²) in [5.74, 6) is -1.58. The normalized spacial score (nSPS) is 20.4. The molecular formula is C45H34O4. The molecule has 0 spiro atoms. The maximum atomic E-state index is 12.1. The third-order valence-electron chi connectivity index (χ3n) is 10.5. The van der Waals surface area contributed by atoms with Crippen LogP contribution in [0, 0.1) is 0 Å². The Labute approximate surface area is 284 Å². The van der Waals surface area contributed by atoms with E-state index in [1.54, 1.807) is 0 Å². The van der Waals surface area contributed by atoms with Gasteiger partial charge in [-0.15, -0.1) is 0 Å². The van der Waals surface area contributed by atoms with Crippen molar-refractivity contribution in [3.05, 3.63) is 192 Å². The fourth-order valence-corrected chi connectivity index (χ4v) is 8.26. The zero-order valence-electron chi connectivity index (χ0n) is 26.8. The smallest absolute Gasteiger partial charge is 0.225 e. The Balaban J connectivity index is 1.48. The molecule has 1 aliphatic rings. The van der Waals surface area contributed by atoms with Crippen LogP contribution in [0.15, 0.2) is 170 Å². The molecule has 238 valence electrons. The Kier molecular flexibility index (Phi) is 6.90. The number of benzene rings is 8. The van der Waals surface area contributed by atoms with Gasteiger partial charge in [-0.3, -0.25) is 0 Å². The molecule has 0 radical (unpaired) electrons. The first-order valence-electron chi connectivity index (χ1n) is 16.7. The molecule has 4 heteroatoms. The number of ether oxygens (including phenoxy) is 2. The lowest BCUT2D eigenvalue weighted by molar-refractivity contribution is -0.181. The largest absolute Gasteiger partial charge is 0.393 e. The summed E-state index contributed by atoms with van der Waals surface area (Å²) in [6, 6.07) is 57.0. The maximum Gasteiger partial charge on any atom is 0.225 e. The van der Waals surface area contributed by atoms with Crippen molar-refractivity contribution < 1.29 is 19.7 Å². The monoisotopic (exact) mass is 638 g/mol. The highest BCUT2D eigenvalue weighted by Crippen LogP contribution is 2.63. The highest BCUT2D eigenvalue weighted by Gasteiger charge is 2.69. The van der Waals surface area contributed by atoms with Crippen molar-refractivity contribution in [1.82, 2.24) is 0 Å². The number of aliphatic hydroxyl groups excluding tert-OH is 2. The molecule has 49 heavy (non-hydrogen) atoms. The molecule has 0 bridgehead atoms. The van der Waals surface area contributed by atoms with Crippen LogP contribution in [0.5, 0.6) is 0 Å². The molecule has 0 amide bonds. The van der Waals surface area contributed by atoms with Crippen molar-refractivity contribution in [3.8, 4) is 0 Å². The van der Waals surface area contributed by atoms with E-state index in [9.17, 15) is 10.2 Å². The number of rotatable bonds is 6. The quantitative estimate of drug-likeness (QED) is 0.191. The third-order valence-corrected chi connectivity index (χ3v) is 10.5. The summed E-state index contributed by atoms with van der Waals surface area (Å²) in [6.45, 7) is -0.940. The minimum Gasteiger partial charge on any atom is -0.393 e. The van der Waals surface area contributed by atoms with Crippen molar-refractivity contribution in [2.75, 3.05) is 13.2 Å². The zero-order valence-corrected chi connectivity index (χ0v) is 26.8. The fourth-order valence-electron chi connectivity index (χ4n) is 8.26. The van der Waals surface area contributed by atoms with Crippen LogP contribution in [0.4, 0.5) is 0 Å². The zero-order chi connectivity index (χ0) is 33.1. The Hall–Kier alpha value is -5.36. The predicted molar refractivity (Wildman–Crippen MR) is 196 cm³/mol. The lowest BCUT2D eigenvalue weighted by Crippen LogP contribution is -2.52. The van der Waals surface area contributed by atoms with E-state index in [1.165, 1.54) is 0 Å². The molecule has 1 heterocycles. The van der Waals surface area contributed by atoms with Crippen LogP contribution < -0.4 is 0 Å². The van der Waals surface area contributed by atoms with E-state index in [4.69, 9.17) is 9.47 Å². The van der Waals surface area contributed by atoms with Crippen LogP contribution in [0.25, 0.3) is 43.1 Å². The first kappa shape index (κ1) is 29.8. The van der Waals surface area contributed by atoms with Gasteiger partial charge in [0.25, 0.3) is 0 Å². The highest BCUT2D eigenvalue weighted by atomic mass is 16.8. The summed E-state index contributed by atoms with van der Waals surface area (Å²) >= 11 is 0. The van der Waals surface area contributed by atoms with Crippen molar-refractivity contribution in [2.45, 2.75) is 17.0 Å². The van der Waals surface area contributed by atoms with Crippen LogP contribution in [-0.2, 0) is 26.5 Å². The van der Waals surface area contributed by atoms with Crippen LogP contribution in [0.1, 0.15) is 22.3 Å². The Bertz CT molecular complexity index is 2320. The molecule has 0 aromatic heterocycles. The van der Waals surface area contributed by atoms with E-state index in [1.807, 2.05) is 109 Å². The molecule has 2 atom stereocenters. The number of hydrogen-bond acceptors (Lipinski definition) is 4. The van der Waals surface area contributed by atoms with Crippen molar-refractivity contribution >= 4 is 43.1 Å². The molecule has 9 rings (SSSR count). The van der Waals surface area contributed by atoms with Gasteiger partial charge in [0.05, 0.1) is 13.2 Å². The van der Waals surface area contributed by atoms with E-state index >= 15 is 0 Å². The molecule has 2 N–H and O–H groups in total. The SMILES string of the molecule is OCC1(c2cccc3ccccc23)OC(c2cccc3ccccc23)(c2cccc3ccccc23)OC1(CO)c1cccc2ccccc12. The second kappa shape index (κ2) is 11.4. The van der Waals surface area contributed by atoms with Crippen molar-refractivity contribution in [3.63, 3.8) is 0 Å². The van der Waals surface area contributed by atoms with Crippen LogP contribution in [0.3, 0.4) is 0 Å². The summed E-state index contributed by atoms with van der Waals surface area (Å²) in [5, 5.41) is 31.9. The number of aliphatic hydroxyl groups is 2. The third kappa shape index (κ3) is 4.19. The number of hydrogen-bond donors (Lipinski definition) is 2. The van der Waals surface area contributed by atoms with E-state index < -0.39 is 30.2 Å². The first-order valence-corrected chi connectivity index (χ1v) is 16.7. The first-order chi connectivity index (χ1) is 24.1. The molecule has 1 aliphatic heterocycles. The van der Waals surface area contributed by atoms with Crippen LogP contribution >= 0.6 is 0 Å². The summed E-state index contributed by atoms with van der Waals surface area (Å²) in [7, 11) is 0. The lowest BCUT2D eigenvalue weighted by Gasteiger charge is -2.42. The Morgan fingerprint density at radius 1 is 0.327 bits per heavy atom. The topological polar surface area (TPSA) is 58.9 Å². The Morgan fingerprint density at radius 3 is 0.918 bits per heavy atom. The average molecular weight is 639 g/mol. The molecule has 0 aliphatic carbocycles. The van der Waals surface area contributed by atoms with Gasteiger partial charge in [-0.05, 0) is 54.2 Å². The molecular weight excluding hydrogens is 604 g/mol. The van der Waals surface area contributed by atoms with Gasteiger partial charge in [0.1, 0.15) is 0 Å². The van der Waals surface area contributed by atoms with E-state index in [2.05, 4.69) is 60.7 Å². The average Bonchev–Trinajstić information content (AvgIpc) is 3.50. The minimum absolute atomic E-state index is 0.470. The van der Waals surface area contributed by atoms with Gasteiger partial charge in [0.15, 0.2) is 11.2 Å². The number of fused-ring (bicyclic) bond motifs is 4. The molecule has 8 aromatic rings. The second-order valence-corrected chi connectivity index (χ2v) is 12.9. The summed E-state index contributed by atoms with van der Waals surface area (Å²) in [5.41, 5.74) is -0.123.